The van der Waals surface area contributed by atoms with Gasteiger partial charge in [0.25, 0.3) is 0 Å². The first-order valence-corrected chi connectivity index (χ1v) is 7.99. The molecule has 0 aromatic carbocycles. The average molecular weight is 292 g/mol. The lowest BCUT2D eigenvalue weighted by Gasteiger charge is -2.32. The normalized spacial score (nSPS) is 25.9. The maximum atomic E-state index is 6.25. The minimum Gasteiger partial charge on any atom is -0.474 e. The molecule has 2 unspecified atom stereocenters. The molecule has 1 N–H and O–H groups in total. The predicted molar refractivity (Wildman–Crippen MR) is 84.8 cm³/mol. The number of aryl methyl sites for hydroxylation is 2. The molecule has 1 saturated heterocycles. The monoisotopic (exact) mass is 292 g/mol. The first-order chi connectivity index (χ1) is 9.99. The summed E-state index contributed by atoms with van der Waals surface area (Å²) in [5.74, 6) is 0.791. The molecule has 1 aromatic heterocycles. The van der Waals surface area contributed by atoms with E-state index < -0.39 is 0 Å². The van der Waals surface area contributed by atoms with Crippen LogP contribution in [0.4, 0.5) is 0 Å². The van der Waals surface area contributed by atoms with Crippen LogP contribution in [0.15, 0.2) is 6.07 Å². The molecule has 0 spiro atoms. The number of rotatable bonds is 5. The van der Waals surface area contributed by atoms with Gasteiger partial charge in [0, 0.05) is 30.6 Å². The van der Waals surface area contributed by atoms with E-state index in [1.807, 2.05) is 6.92 Å². The first kappa shape index (κ1) is 16.2. The van der Waals surface area contributed by atoms with E-state index in [9.17, 15) is 0 Å². The molecular formula is C17H28N2O2. The summed E-state index contributed by atoms with van der Waals surface area (Å²) in [4.78, 5) is 4.63. The van der Waals surface area contributed by atoms with Gasteiger partial charge in [-0.3, -0.25) is 0 Å². The maximum Gasteiger partial charge on any atom is 0.218 e. The van der Waals surface area contributed by atoms with Crippen molar-refractivity contribution >= 4 is 0 Å². The summed E-state index contributed by atoms with van der Waals surface area (Å²) in [6, 6.07) is 2.12. The predicted octanol–water partition coefficient (Wildman–Crippen LogP) is 3.14. The Kier molecular flexibility index (Phi) is 5.59. The van der Waals surface area contributed by atoms with Crippen LogP contribution in [0.25, 0.3) is 0 Å². The zero-order chi connectivity index (χ0) is 15.4. The van der Waals surface area contributed by atoms with E-state index >= 15 is 0 Å². The summed E-state index contributed by atoms with van der Waals surface area (Å²) in [6.45, 7) is 12.2. The van der Waals surface area contributed by atoms with Gasteiger partial charge >= 0.3 is 0 Å². The highest BCUT2D eigenvalue weighted by Gasteiger charge is 2.27. The standard InChI is InChI=1S/C17H28N2O2/c1-6-18-10-16-11(2)7-12(3)19-17(16)21-15-8-13(4)20-14(5)9-15/h7,13-15,18H,6,8-10H2,1-5H3. The molecule has 1 aromatic rings. The lowest BCUT2D eigenvalue weighted by Crippen LogP contribution is -2.36. The van der Waals surface area contributed by atoms with Crippen molar-refractivity contribution in [2.24, 2.45) is 0 Å². The number of nitrogens with zero attached hydrogens (tertiary/aromatic N) is 1. The molecule has 0 bridgehead atoms. The van der Waals surface area contributed by atoms with Crippen molar-refractivity contribution in [2.45, 2.75) is 72.3 Å². The molecular weight excluding hydrogens is 264 g/mol. The van der Waals surface area contributed by atoms with Crippen LogP contribution in [0.5, 0.6) is 5.88 Å². The van der Waals surface area contributed by atoms with Gasteiger partial charge < -0.3 is 14.8 Å². The third-order valence-corrected chi connectivity index (χ3v) is 3.92. The third kappa shape index (κ3) is 4.42. The van der Waals surface area contributed by atoms with Crippen molar-refractivity contribution < 1.29 is 9.47 Å². The molecule has 2 heterocycles. The van der Waals surface area contributed by atoms with Gasteiger partial charge in [-0.05, 0) is 45.9 Å². The zero-order valence-corrected chi connectivity index (χ0v) is 13.9. The topological polar surface area (TPSA) is 43.4 Å². The van der Waals surface area contributed by atoms with Crippen molar-refractivity contribution in [3.63, 3.8) is 0 Å². The molecule has 4 heteroatoms. The second-order valence-electron chi connectivity index (χ2n) is 6.11. The number of ether oxygens (including phenoxy) is 2. The minimum absolute atomic E-state index is 0.192. The first-order valence-electron chi connectivity index (χ1n) is 7.99. The fraction of sp³-hybridized carbons (Fsp3) is 0.706. The lowest BCUT2D eigenvalue weighted by molar-refractivity contribution is -0.0731. The van der Waals surface area contributed by atoms with Crippen LogP contribution in [-0.4, -0.2) is 29.8 Å². The van der Waals surface area contributed by atoms with Crippen LogP contribution < -0.4 is 10.1 Å². The number of aromatic nitrogens is 1. The van der Waals surface area contributed by atoms with Crippen molar-refractivity contribution in [1.29, 1.82) is 0 Å². The SMILES string of the molecule is CCNCc1c(C)cc(C)nc1OC1CC(C)OC(C)C1. The van der Waals surface area contributed by atoms with Gasteiger partial charge in [-0.1, -0.05) is 6.92 Å². The Morgan fingerprint density at radius 2 is 1.95 bits per heavy atom. The summed E-state index contributed by atoms with van der Waals surface area (Å²) < 4.78 is 12.0. The highest BCUT2D eigenvalue weighted by atomic mass is 16.5. The molecule has 0 saturated carbocycles. The van der Waals surface area contributed by atoms with Crippen LogP contribution in [0.2, 0.25) is 0 Å². The fourth-order valence-corrected chi connectivity index (χ4v) is 2.99. The van der Waals surface area contributed by atoms with E-state index in [4.69, 9.17) is 9.47 Å². The molecule has 2 atom stereocenters. The highest BCUT2D eigenvalue weighted by molar-refractivity contribution is 5.36. The molecule has 0 aliphatic carbocycles. The molecule has 1 fully saturated rings. The molecule has 0 amide bonds. The van der Waals surface area contributed by atoms with Gasteiger partial charge in [0.15, 0.2) is 0 Å². The van der Waals surface area contributed by atoms with Gasteiger partial charge in [0.2, 0.25) is 5.88 Å². The second-order valence-corrected chi connectivity index (χ2v) is 6.11. The Morgan fingerprint density at radius 1 is 1.29 bits per heavy atom. The van der Waals surface area contributed by atoms with Crippen LogP contribution in [0, 0.1) is 13.8 Å². The molecule has 1 aliphatic rings. The van der Waals surface area contributed by atoms with E-state index in [1.54, 1.807) is 0 Å². The summed E-state index contributed by atoms with van der Waals surface area (Å²) in [5.41, 5.74) is 3.43. The van der Waals surface area contributed by atoms with Crippen molar-refractivity contribution in [2.75, 3.05) is 6.54 Å². The van der Waals surface area contributed by atoms with Crippen LogP contribution >= 0.6 is 0 Å². The maximum absolute atomic E-state index is 6.25. The Bertz CT molecular complexity index is 466. The third-order valence-electron chi connectivity index (χ3n) is 3.92. The molecule has 4 nitrogen and oxygen atoms in total. The number of hydrogen-bond donors (Lipinski definition) is 1. The van der Waals surface area contributed by atoms with Gasteiger partial charge in [-0.15, -0.1) is 0 Å². The van der Waals surface area contributed by atoms with Gasteiger partial charge in [-0.25, -0.2) is 4.98 Å². The Balaban J connectivity index is 2.17. The molecule has 2 rings (SSSR count). The Hall–Kier alpha value is -1.13. The summed E-state index contributed by atoms with van der Waals surface area (Å²) >= 11 is 0. The van der Waals surface area contributed by atoms with Crippen LogP contribution in [0.1, 0.15) is 50.4 Å². The molecule has 0 radical (unpaired) electrons. The molecule has 1 aliphatic heterocycles. The van der Waals surface area contributed by atoms with Gasteiger partial charge in [-0.2, -0.15) is 0 Å². The Morgan fingerprint density at radius 3 is 2.57 bits per heavy atom. The second kappa shape index (κ2) is 7.23. The highest BCUT2D eigenvalue weighted by Crippen LogP contribution is 2.27. The minimum atomic E-state index is 0.192. The van der Waals surface area contributed by atoms with E-state index in [-0.39, 0.29) is 18.3 Å². The average Bonchev–Trinajstić information content (AvgIpc) is 2.36. The quantitative estimate of drug-likeness (QED) is 0.905. The Labute approximate surface area is 128 Å². The van der Waals surface area contributed by atoms with Gasteiger partial charge in [0.1, 0.15) is 6.10 Å². The number of hydrogen-bond acceptors (Lipinski definition) is 4. The van der Waals surface area contributed by atoms with Crippen LogP contribution in [-0.2, 0) is 11.3 Å². The molecule has 21 heavy (non-hydrogen) atoms. The molecule has 118 valence electrons. The zero-order valence-electron chi connectivity index (χ0n) is 13.9. The summed E-state index contributed by atoms with van der Waals surface area (Å²) in [6.07, 6.45) is 2.56. The number of pyridine rings is 1. The summed E-state index contributed by atoms with van der Waals surface area (Å²) in [5, 5.41) is 3.38. The van der Waals surface area contributed by atoms with E-state index in [2.05, 4.69) is 44.1 Å². The van der Waals surface area contributed by atoms with Gasteiger partial charge in [0.05, 0.1) is 12.2 Å². The van der Waals surface area contributed by atoms with E-state index in [0.29, 0.717) is 0 Å². The van der Waals surface area contributed by atoms with Crippen molar-refractivity contribution in [3.05, 3.63) is 22.9 Å². The lowest BCUT2D eigenvalue weighted by atomic mass is 10.0. The number of nitrogens with one attached hydrogen (secondary N) is 1. The van der Waals surface area contributed by atoms with Crippen molar-refractivity contribution in [1.82, 2.24) is 10.3 Å². The summed E-state index contributed by atoms with van der Waals surface area (Å²) in [7, 11) is 0. The van der Waals surface area contributed by atoms with Crippen LogP contribution in [0.3, 0.4) is 0 Å². The fourth-order valence-electron chi connectivity index (χ4n) is 2.99. The van der Waals surface area contributed by atoms with E-state index in [0.717, 1.165) is 37.5 Å². The van der Waals surface area contributed by atoms with E-state index in [1.165, 1.54) is 11.1 Å². The smallest absolute Gasteiger partial charge is 0.218 e. The largest absolute Gasteiger partial charge is 0.474 e. The van der Waals surface area contributed by atoms with Crippen molar-refractivity contribution in [3.8, 4) is 5.88 Å².